The van der Waals surface area contributed by atoms with Crippen LogP contribution < -0.4 is 5.32 Å². The van der Waals surface area contributed by atoms with Gasteiger partial charge in [0, 0.05) is 23.3 Å². The van der Waals surface area contributed by atoms with Gasteiger partial charge in [0.25, 0.3) is 5.91 Å². The first-order valence-corrected chi connectivity index (χ1v) is 8.20. The van der Waals surface area contributed by atoms with Crippen molar-refractivity contribution < 1.29 is 4.79 Å². The summed E-state index contributed by atoms with van der Waals surface area (Å²) in [7, 11) is 0. The number of amides is 1. The monoisotopic (exact) mass is 355 g/mol. The standard InChI is InChI=1S/C16H10ClN5OS/c17-13-12(22-9-5-4-8-11(22)18-13)15(23)20-16-19-14(21-24-16)10-6-2-1-3-7-10/h1-9H,(H,19,20,21,23). The molecule has 8 heteroatoms. The van der Waals surface area contributed by atoms with Gasteiger partial charge in [0.1, 0.15) is 5.65 Å². The first-order valence-electron chi connectivity index (χ1n) is 7.05. The number of imidazole rings is 1. The number of nitrogens with zero attached hydrogens (tertiary/aromatic N) is 4. The largest absolute Gasteiger partial charge is 0.295 e. The molecular formula is C16H10ClN5OS. The Morgan fingerprint density at radius 3 is 2.71 bits per heavy atom. The van der Waals surface area contributed by atoms with Crippen LogP contribution in [0.15, 0.2) is 54.7 Å². The lowest BCUT2D eigenvalue weighted by molar-refractivity contribution is 0.102. The maximum absolute atomic E-state index is 12.5. The molecule has 0 aliphatic carbocycles. The predicted molar refractivity (Wildman–Crippen MR) is 93.5 cm³/mol. The molecule has 4 rings (SSSR count). The molecular weight excluding hydrogens is 346 g/mol. The summed E-state index contributed by atoms with van der Waals surface area (Å²) in [5.74, 6) is 0.189. The van der Waals surface area contributed by atoms with Gasteiger partial charge >= 0.3 is 0 Å². The topological polar surface area (TPSA) is 72.2 Å². The molecule has 1 aromatic carbocycles. The first kappa shape index (κ1) is 14.8. The van der Waals surface area contributed by atoms with Crippen molar-refractivity contribution in [3.05, 3.63) is 65.6 Å². The van der Waals surface area contributed by atoms with E-state index >= 15 is 0 Å². The van der Waals surface area contributed by atoms with Crippen LogP contribution in [0.4, 0.5) is 5.13 Å². The second-order valence-corrected chi connectivity index (χ2v) is 6.03. The minimum Gasteiger partial charge on any atom is -0.295 e. The number of pyridine rings is 1. The second kappa shape index (κ2) is 6.03. The fourth-order valence-corrected chi connectivity index (χ4v) is 3.15. The third kappa shape index (κ3) is 2.64. The van der Waals surface area contributed by atoms with Gasteiger partial charge in [-0.1, -0.05) is 48.0 Å². The number of hydrogen-bond acceptors (Lipinski definition) is 5. The fraction of sp³-hybridized carbons (Fsp3) is 0. The molecule has 1 amide bonds. The second-order valence-electron chi connectivity index (χ2n) is 4.92. The summed E-state index contributed by atoms with van der Waals surface area (Å²) in [5, 5.41) is 3.28. The highest BCUT2D eigenvalue weighted by Crippen LogP contribution is 2.23. The number of carbonyl (C=O) groups excluding carboxylic acids is 1. The van der Waals surface area contributed by atoms with Crippen molar-refractivity contribution in [3.63, 3.8) is 0 Å². The molecule has 0 aliphatic rings. The van der Waals surface area contributed by atoms with E-state index in [1.165, 1.54) is 0 Å². The number of nitrogens with one attached hydrogen (secondary N) is 1. The Labute approximate surface area is 145 Å². The van der Waals surface area contributed by atoms with E-state index < -0.39 is 0 Å². The summed E-state index contributed by atoms with van der Waals surface area (Å²) in [6.07, 6.45) is 1.73. The van der Waals surface area contributed by atoms with E-state index in [2.05, 4.69) is 19.7 Å². The maximum atomic E-state index is 12.5. The summed E-state index contributed by atoms with van der Waals surface area (Å²) < 4.78 is 5.90. The van der Waals surface area contributed by atoms with Gasteiger partial charge in [0.05, 0.1) is 0 Å². The van der Waals surface area contributed by atoms with Gasteiger partial charge in [0.15, 0.2) is 16.7 Å². The lowest BCUT2D eigenvalue weighted by Gasteiger charge is -2.01. The Morgan fingerprint density at radius 1 is 1.08 bits per heavy atom. The van der Waals surface area contributed by atoms with Crippen molar-refractivity contribution in [2.75, 3.05) is 5.32 Å². The zero-order chi connectivity index (χ0) is 16.5. The number of rotatable bonds is 3. The number of hydrogen-bond donors (Lipinski definition) is 1. The number of carbonyl (C=O) groups is 1. The van der Waals surface area contributed by atoms with Gasteiger partial charge in [-0.25, -0.2) is 4.98 Å². The summed E-state index contributed by atoms with van der Waals surface area (Å²) >= 11 is 7.22. The number of aromatic nitrogens is 4. The van der Waals surface area contributed by atoms with Crippen LogP contribution in [-0.2, 0) is 0 Å². The maximum Gasteiger partial charge on any atom is 0.277 e. The average molecular weight is 356 g/mol. The Balaban J connectivity index is 1.63. The van der Waals surface area contributed by atoms with Crippen LogP contribution in [0.25, 0.3) is 17.0 Å². The molecule has 0 saturated carbocycles. The normalized spacial score (nSPS) is 10.9. The Morgan fingerprint density at radius 2 is 1.88 bits per heavy atom. The summed E-state index contributed by atoms with van der Waals surface area (Å²) in [4.78, 5) is 21.0. The van der Waals surface area contributed by atoms with Crippen LogP contribution in [0.2, 0.25) is 5.15 Å². The van der Waals surface area contributed by atoms with E-state index in [1.807, 2.05) is 36.4 Å². The minimum absolute atomic E-state index is 0.145. The zero-order valence-electron chi connectivity index (χ0n) is 12.2. The van der Waals surface area contributed by atoms with Crippen LogP contribution in [0.3, 0.4) is 0 Å². The van der Waals surface area contributed by atoms with E-state index in [4.69, 9.17) is 11.6 Å². The molecule has 0 fully saturated rings. The minimum atomic E-state index is -0.380. The number of fused-ring (bicyclic) bond motifs is 1. The molecule has 1 N–H and O–H groups in total. The summed E-state index contributed by atoms with van der Waals surface area (Å²) in [6.45, 7) is 0. The van der Waals surface area contributed by atoms with Crippen molar-refractivity contribution in [1.82, 2.24) is 18.7 Å². The summed E-state index contributed by atoms with van der Waals surface area (Å²) in [5.41, 5.74) is 1.76. The molecule has 0 saturated heterocycles. The molecule has 6 nitrogen and oxygen atoms in total. The molecule has 0 radical (unpaired) electrons. The smallest absolute Gasteiger partial charge is 0.277 e. The third-order valence-electron chi connectivity index (χ3n) is 3.38. The highest BCUT2D eigenvalue weighted by atomic mass is 35.5. The van der Waals surface area contributed by atoms with Gasteiger partial charge in [-0.3, -0.25) is 14.5 Å². The van der Waals surface area contributed by atoms with Crippen molar-refractivity contribution >= 4 is 39.8 Å². The van der Waals surface area contributed by atoms with Crippen LogP contribution in [0.5, 0.6) is 0 Å². The molecule has 4 aromatic rings. The molecule has 3 heterocycles. The Kier molecular flexibility index (Phi) is 3.72. The van der Waals surface area contributed by atoms with Crippen molar-refractivity contribution in [3.8, 4) is 11.4 Å². The van der Waals surface area contributed by atoms with Gasteiger partial charge < -0.3 is 0 Å². The highest BCUT2D eigenvalue weighted by molar-refractivity contribution is 7.10. The molecule has 0 spiro atoms. The molecule has 24 heavy (non-hydrogen) atoms. The number of benzene rings is 1. The van der Waals surface area contributed by atoms with E-state index in [1.54, 1.807) is 22.7 Å². The summed E-state index contributed by atoms with van der Waals surface area (Å²) in [6, 6.07) is 15.0. The van der Waals surface area contributed by atoms with Crippen LogP contribution in [0, 0.1) is 0 Å². The van der Waals surface area contributed by atoms with E-state index in [-0.39, 0.29) is 16.8 Å². The van der Waals surface area contributed by atoms with Crippen LogP contribution in [-0.4, -0.2) is 24.6 Å². The molecule has 3 aromatic heterocycles. The lowest BCUT2D eigenvalue weighted by Crippen LogP contribution is -2.14. The number of halogens is 1. The average Bonchev–Trinajstić information content (AvgIpc) is 3.19. The van der Waals surface area contributed by atoms with E-state index in [0.717, 1.165) is 17.1 Å². The molecule has 0 bridgehead atoms. The SMILES string of the molecule is O=C(Nc1nc(-c2ccccc2)ns1)c1c(Cl)nc2ccccn12. The molecule has 0 aliphatic heterocycles. The van der Waals surface area contributed by atoms with Gasteiger partial charge in [0.2, 0.25) is 5.13 Å². The van der Waals surface area contributed by atoms with Gasteiger partial charge in [-0.05, 0) is 12.1 Å². The van der Waals surface area contributed by atoms with Crippen molar-refractivity contribution in [2.45, 2.75) is 0 Å². The van der Waals surface area contributed by atoms with Gasteiger partial charge in [-0.15, -0.1) is 0 Å². The van der Waals surface area contributed by atoms with E-state index in [0.29, 0.717) is 16.6 Å². The van der Waals surface area contributed by atoms with Crippen molar-refractivity contribution in [1.29, 1.82) is 0 Å². The van der Waals surface area contributed by atoms with Crippen LogP contribution >= 0.6 is 23.1 Å². The Bertz CT molecular complexity index is 1030. The molecule has 0 atom stereocenters. The third-order valence-corrected chi connectivity index (χ3v) is 4.27. The first-order chi connectivity index (χ1) is 11.7. The van der Waals surface area contributed by atoms with Crippen LogP contribution in [0.1, 0.15) is 10.5 Å². The van der Waals surface area contributed by atoms with Crippen molar-refractivity contribution in [2.24, 2.45) is 0 Å². The zero-order valence-corrected chi connectivity index (χ0v) is 13.8. The quantitative estimate of drug-likeness (QED) is 0.607. The predicted octanol–water partition coefficient (Wildman–Crippen LogP) is 3.76. The Hall–Kier alpha value is -2.77. The highest BCUT2D eigenvalue weighted by Gasteiger charge is 2.19. The van der Waals surface area contributed by atoms with Gasteiger partial charge in [-0.2, -0.15) is 9.36 Å². The molecule has 118 valence electrons. The number of anilines is 1. The van der Waals surface area contributed by atoms with E-state index in [9.17, 15) is 4.79 Å². The fourth-order valence-electron chi connectivity index (χ4n) is 2.31. The lowest BCUT2D eigenvalue weighted by atomic mass is 10.2. The molecule has 0 unspecified atom stereocenters.